The van der Waals surface area contributed by atoms with Crippen LogP contribution in [0.1, 0.15) is 20.3 Å². The topological polar surface area (TPSA) is 78.9 Å². The number of hydrogen-bond acceptors (Lipinski definition) is 3. The Labute approximate surface area is 143 Å². The Morgan fingerprint density at radius 3 is 2.75 bits per heavy atom. The first-order valence-corrected chi connectivity index (χ1v) is 7.78. The summed E-state index contributed by atoms with van der Waals surface area (Å²) >= 11 is 5.92. The van der Waals surface area contributed by atoms with E-state index in [9.17, 15) is 19.1 Å². The highest BCUT2D eigenvalue weighted by atomic mass is 35.5. The van der Waals surface area contributed by atoms with E-state index in [1.54, 1.807) is 26.0 Å². The van der Waals surface area contributed by atoms with Crippen molar-refractivity contribution in [3.8, 4) is 5.75 Å². The highest BCUT2D eigenvalue weighted by molar-refractivity contribution is 6.32. The fourth-order valence-electron chi connectivity index (χ4n) is 2.28. The van der Waals surface area contributed by atoms with Gasteiger partial charge in [0.2, 0.25) is 0 Å². The highest BCUT2D eigenvalue weighted by Crippen LogP contribution is 2.31. The molecule has 0 aromatic heterocycles. The standard InChI is InChI=1S/C16H18ClFN2O4/c1-9(2)24-14-8-12(11(18)7-10(14)17)19-16(23)20-6-4-3-5-13(20)15(21)22/h3-4,7-9,13H,5-6H2,1-2H3,(H,19,23)(H,21,22). The van der Waals surface area contributed by atoms with Crippen molar-refractivity contribution in [2.24, 2.45) is 0 Å². The van der Waals surface area contributed by atoms with Gasteiger partial charge >= 0.3 is 12.0 Å². The van der Waals surface area contributed by atoms with Gasteiger partial charge in [0.05, 0.1) is 16.8 Å². The van der Waals surface area contributed by atoms with Gasteiger partial charge in [-0.3, -0.25) is 0 Å². The lowest BCUT2D eigenvalue weighted by Crippen LogP contribution is -2.48. The number of ether oxygens (including phenoxy) is 1. The predicted octanol–water partition coefficient (Wildman–Crippen LogP) is 3.51. The molecule has 0 fully saturated rings. The van der Waals surface area contributed by atoms with Crippen molar-refractivity contribution in [2.75, 3.05) is 11.9 Å². The molecule has 8 heteroatoms. The summed E-state index contributed by atoms with van der Waals surface area (Å²) in [4.78, 5) is 24.7. The van der Waals surface area contributed by atoms with Crippen LogP contribution in [0.25, 0.3) is 0 Å². The summed E-state index contributed by atoms with van der Waals surface area (Å²) in [6, 6.07) is 0.630. The summed E-state index contributed by atoms with van der Waals surface area (Å²) < 4.78 is 19.5. The van der Waals surface area contributed by atoms with E-state index in [1.807, 2.05) is 0 Å². The van der Waals surface area contributed by atoms with Crippen LogP contribution in [0.15, 0.2) is 24.3 Å². The lowest BCUT2D eigenvalue weighted by molar-refractivity contribution is -0.142. The lowest BCUT2D eigenvalue weighted by Gasteiger charge is -2.30. The molecule has 1 atom stereocenters. The molecule has 0 saturated carbocycles. The molecule has 24 heavy (non-hydrogen) atoms. The SMILES string of the molecule is CC(C)Oc1cc(NC(=O)N2CC=CCC2C(=O)O)c(F)cc1Cl. The number of nitrogens with zero attached hydrogens (tertiary/aromatic N) is 1. The molecular formula is C16H18ClFN2O4. The van der Waals surface area contributed by atoms with Crippen molar-refractivity contribution < 1.29 is 23.8 Å². The van der Waals surface area contributed by atoms with Crippen molar-refractivity contribution in [1.82, 2.24) is 4.90 Å². The van der Waals surface area contributed by atoms with E-state index in [2.05, 4.69) is 5.32 Å². The third kappa shape index (κ3) is 4.17. The Hall–Kier alpha value is -2.28. The smallest absolute Gasteiger partial charge is 0.326 e. The number of halogens is 2. The van der Waals surface area contributed by atoms with Crippen molar-refractivity contribution in [3.63, 3.8) is 0 Å². The molecule has 6 nitrogen and oxygen atoms in total. The Morgan fingerprint density at radius 1 is 1.42 bits per heavy atom. The molecule has 2 rings (SSSR count). The van der Waals surface area contributed by atoms with Crippen LogP contribution in [0.3, 0.4) is 0 Å². The molecule has 2 amide bonds. The number of carboxylic acid groups (broad SMARTS) is 1. The average Bonchev–Trinajstić information content (AvgIpc) is 2.51. The third-order valence-electron chi connectivity index (χ3n) is 3.38. The maximum Gasteiger partial charge on any atom is 0.326 e. The summed E-state index contributed by atoms with van der Waals surface area (Å²) in [5.74, 6) is -1.62. The van der Waals surface area contributed by atoms with Crippen LogP contribution in [0, 0.1) is 5.82 Å². The van der Waals surface area contributed by atoms with Gasteiger partial charge in [-0.2, -0.15) is 0 Å². The van der Waals surface area contributed by atoms with Crippen molar-refractivity contribution in [2.45, 2.75) is 32.4 Å². The number of rotatable bonds is 4. The molecule has 130 valence electrons. The van der Waals surface area contributed by atoms with Gasteiger partial charge in [-0.1, -0.05) is 23.8 Å². The summed E-state index contributed by atoms with van der Waals surface area (Å²) in [6.07, 6.45) is 3.40. The van der Waals surface area contributed by atoms with Gasteiger partial charge in [0.15, 0.2) is 0 Å². The number of nitrogens with one attached hydrogen (secondary N) is 1. The molecule has 0 aliphatic carbocycles. The van der Waals surface area contributed by atoms with Gasteiger partial charge in [-0.15, -0.1) is 0 Å². The van der Waals surface area contributed by atoms with Crippen LogP contribution in [0.4, 0.5) is 14.9 Å². The van der Waals surface area contributed by atoms with Gasteiger partial charge in [0.25, 0.3) is 0 Å². The van der Waals surface area contributed by atoms with E-state index in [0.717, 1.165) is 11.0 Å². The molecule has 0 saturated heterocycles. The van der Waals surface area contributed by atoms with Gasteiger partial charge in [-0.25, -0.2) is 14.0 Å². The van der Waals surface area contributed by atoms with Gasteiger partial charge < -0.3 is 20.1 Å². The van der Waals surface area contributed by atoms with E-state index >= 15 is 0 Å². The maximum atomic E-state index is 14.0. The molecule has 1 aliphatic heterocycles. The van der Waals surface area contributed by atoms with Crippen molar-refractivity contribution in [1.29, 1.82) is 0 Å². The van der Waals surface area contributed by atoms with Crippen LogP contribution in [0.5, 0.6) is 5.75 Å². The van der Waals surface area contributed by atoms with E-state index < -0.39 is 23.9 Å². The minimum absolute atomic E-state index is 0.0866. The van der Waals surface area contributed by atoms with Crippen molar-refractivity contribution >= 4 is 29.3 Å². The Morgan fingerprint density at radius 2 is 2.12 bits per heavy atom. The number of urea groups is 1. The van der Waals surface area contributed by atoms with Gasteiger partial charge in [0, 0.05) is 12.6 Å². The number of carbonyl (C=O) groups is 2. The minimum Gasteiger partial charge on any atom is -0.489 e. The van der Waals surface area contributed by atoms with E-state index in [4.69, 9.17) is 16.3 Å². The first-order chi connectivity index (χ1) is 11.3. The van der Waals surface area contributed by atoms with Crippen molar-refractivity contribution in [3.05, 3.63) is 35.1 Å². The number of amides is 2. The van der Waals surface area contributed by atoms with E-state index in [0.29, 0.717) is 0 Å². The maximum absolute atomic E-state index is 14.0. The second kappa shape index (κ2) is 7.53. The molecule has 1 unspecified atom stereocenters. The van der Waals surface area contributed by atoms with Gasteiger partial charge in [-0.05, 0) is 26.3 Å². The largest absolute Gasteiger partial charge is 0.489 e. The monoisotopic (exact) mass is 356 g/mol. The van der Waals surface area contributed by atoms with Crippen LogP contribution in [0.2, 0.25) is 5.02 Å². The number of anilines is 1. The molecule has 1 aliphatic rings. The normalized spacial score (nSPS) is 17.0. The summed E-state index contributed by atoms with van der Waals surface area (Å²) in [6.45, 7) is 3.71. The molecular weight excluding hydrogens is 339 g/mol. The molecule has 1 aromatic carbocycles. The van der Waals surface area contributed by atoms with Crippen LogP contribution < -0.4 is 10.1 Å². The Bertz CT molecular complexity index is 678. The third-order valence-corrected chi connectivity index (χ3v) is 3.67. The zero-order valence-electron chi connectivity index (χ0n) is 13.3. The number of aliphatic carboxylic acids is 1. The molecule has 0 spiro atoms. The molecule has 0 radical (unpaired) electrons. The second-order valence-corrected chi connectivity index (χ2v) is 5.98. The zero-order valence-corrected chi connectivity index (χ0v) is 14.0. The lowest BCUT2D eigenvalue weighted by atomic mass is 10.1. The predicted molar refractivity (Wildman–Crippen MR) is 88.1 cm³/mol. The number of benzene rings is 1. The number of carboxylic acids is 1. The first kappa shape index (κ1) is 18.1. The second-order valence-electron chi connectivity index (χ2n) is 5.57. The quantitative estimate of drug-likeness (QED) is 0.809. The molecule has 1 heterocycles. The van der Waals surface area contributed by atoms with E-state index in [1.165, 1.54) is 6.07 Å². The molecule has 0 bridgehead atoms. The van der Waals surface area contributed by atoms with Crippen LogP contribution >= 0.6 is 11.6 Å². The summed E-state index contributed by atoms with van der Waals surface area (Å²) in [5, 5.41) is 11.7. The van der Waals surface area contributed by atoms with Gasteiger partial charge in [0.1, 0.15) is 17.6 Å². The summed E-state index contributed by atoms with van der Waals surface area (Å²) in [7, 11) is 0. The Kier molecular flexibility index (Phi) is 5.66. The van der Waals surface area contributed by atoms with Crippen LogP contribution in [-0.4, -0.2) is 40.7 Å². The Balaban J connectivity index is 2.21. The highest BCUT2D eigenvalue weighted by Gasteiger charge is 2.30. The zero-order chi connectivity index (χ0) is 17.9. The number of hydrogen-bond donors (Lipinski definition) is 2. The first-order valence-electron chi connectivity index (χ1n) is 7.40. The molecule has 1 aromatic rings. The van der Waals surface area contributed by atoms with Crippen LogP contribution in [-0.2, 0) is 4.79 Å². The average molecular weight is 357 g/mol. The summed E-state index contributed by atoms with van der Waals surface area (Å²) in [5.41, 5.74) is -0.126. The molecule has 2 N–H and O–H groups in total. The fourth-order valence-corrected chi connectivity index (χ4v) is 2.48. The fraction of sp³-hybridized carbons (Fsp3) is 0.375. The number of carbonyl (C=O) groups excluding carboxylic acids is 1. The minimum atomic E-state index is -1.12. The van der Waals surface area contributed by atoms with E-state index in [-0.39, 0.29) is 35.5 Å².